The molecule has 0 amide bonds. The molecule has 0 aliphatic rings. The standard InChI is InChI=1S/C7HCl4N.FH.K/c8-4-1-3(2-12)5(9)7(11)6(4)10;;/h1H;1H;/q;;+1/p-1. The summed E-state index contributed by atoms with van der Waals surface area (Å²) in [6, 6.07) is 3.22. The third-order valence-electron chi connectivity index (χ3n) is 1.22. The molecular formula is C7HCl4FKN. The van der Waals surface area contributed by atoms with Gasteiger partial charge in [-0.2, -0.15) is 5.26 Å². The molecular weight excluding hydrogens is 298 g/mol. The van der Waals surface area contributed by atoms with Crippen LogP contribution < -0.4 is 56.1 Å². The summed E-state index contributed by atoms with van der Waals surface area (Å²) in [5.74, 6) is 0. The third-order valence-corrected chi connectivity index (χ3v) is 2.97. The minimum Gasteiger partial charge on any atom is -1.00 e. The molecule has 0 aliphatic heterocycles. The molecule has 14 heavy (non-hydrogen) atoms. The SMILES string of the molecule is N#Cc1cc(Cl)c(Cl)c(Cl)c1Cl.[F-].[K+]. The van der Waals surface area contributed by atoms with E-state index >= 15 is 0 Å². The smallest absolute Gasteiger partial charge is 1.00 e. The molecule has 0 bridgehead atoms. The maximum atomic E-state index is 8.56. The molecule has 1 nitrogen and oxygen atoms in total. The van der Waals surface area contributed by atoms with Gasteiger partial charge in [0.2, 0.25) is 0 Å². The zero-order chi connectivity index (χ0) is 9.30. The van der Waals surface area contributed by atoms with Crippen LogP contribution in [0.3, 0.4) is 0 Å². The summed E-state index contributed by atoms with van der Waals surface area (Å²) in [4.78, 5) is 0. The van der Waals surface area contributed by atoms with Crippen molar-refractivity contribution < 1.29 is 56.1 Å². The molecule has 0 fully saturated rings. The van der Waals surface area contributed by atoms with E-state index in [1.165, 1.54) is 6.07 Å². The quantitative estimate of drug-likeness (QED) is 0.314. The summed E-state index contributed by atoms with van der Waals surface area (Å²) in [7, 11) is 0. The fourth-order valence-electron chi connectivity index (χ4n) is 0.654. The van der Waals surface area contributed by atoms with Gasteiger partial charge in [0.05, 0.1) is 25.7 Å². The predicted molar refractivity (Wildman–Crippen MR) is 51.2 cm³/mol. The van der Waals surface area contributed by atoms with E-state index in [0.717, 1.165) is 0 Å². The van der Waals surface area contributed by atoms with Gasteiger partial charge in [-0.3, -0.25) is 0 Å². The molecule has 0 atom stereocenters. The predicted octanol–water partition coefficient (Wildman–Crippen LogP) is -1.82. The van der Waals surface area contributed by atoms with Crippen LogP contribution in [0.2, 0.25) is 20.1 Å². The number of halogens is 5. The van der Waals surface area contributed by atoms with E-state index in [4.69, 9.17) is 51.7 Å². The van der Waals surface area contributed by atoms with Crippen LogP contribution in [0.4, 0.5) is 0 Å². The Morgan fingerprint density at radius 3 is 1.93 bits per heavy atom. The van der Waals surface area contributed by atoms with Gasteiger partial charge in [-0.05, 0) is 6.07 Å². The zero-order valence-electron chi connectivity index (χ0n) is 6.91. The monoisotopic (exact) mass is 297 g/mol. The van der Waals surface area contributed by atoms with Gasteiger partial charge >= 0.3 is 51.4 Å². The summed E-state index contributed by atoms with van der Waals surface area (Å²) < 4.78 is 0. The van der Waals surface area contributed by atoms with Crippen molar-refractivity contribution >= 4 is 46.4 Å². The van der Waals surface area contributed by atoms with Gasteiger partial charge in [0.15, 0.2) is 0 Å². The van der Waals surface area contributed by atoms with Crippen molar-refractivity contribution in [3.8, 4) is 6.07 Å². The zero-order valence-corrected chi connectivity index (χ0v) is 13.1. The van der Waals surface area contributed by atoms with E-state index in [9.17, 15) is 0 Å². The molecule has 0 saturated carbocycles. The van der Waals surface area contributed by atoms with E-state index in [-0.39, 0.29) is 81.7 Å². The molecule has 70 valence electrons. The second-order valence-electron chi connectivity index (χ2n) is 1.96. The molecule has 0 aromatic heterocycles. The summed E-state index contributed by atoms with van der Waals surface area (Å²) in [5, 5.41) is 9.20. The maximum absolute atomic E-state index is 8.56. The molecule has 0 unspecified atom stereocenters. The summed E-state index contributed by atoms with van der Waals surface area (Å²) in [5.41, 5.74) is 0.219. The fourth-order valence-corrected chi connectivity index (χ4v) is 1.50. The van der Waals surface area contributed by atoms with E-state index in [1.807, 2.05) is 6.07 Å². The van der Waals surface area contributed by atoms with Crippen molar-refractivity contribution in [3.63, 3.8) is 0 Å². The van der Waals surface area contributed by atoms with Gasteiger partial charge in [-0.1, -0.05) is 46.4 Å². The van der Waals surface area contributed by atoms with Gasteiger partial charge in [0, 0.05) is 0 Å². The summed E-state index contributed by atoms with van der Waals surface area (Å²) in [6.45, 7) is 0. The summed E-state index contributed by atoms with van der Waals surface area (Å²) in [6.07, 6.45) is 0. The second-order valence-corrected chi connectivity index (χ2v) is 3.50. The minimum atomic E-state index is 0. The topological polar surface area (TPSA) is 23.8 Å². The van der Waals surface area contributed by atoms with E-state index in [1.54, 1.807) is 0 Å². The van der Waals surface area contributed by atoms with Crippen molar-refractivity contribution in [2.45, 2.75) is 0 Å². The van der Waals surface area contributed by atoms with Crippen molar-refractivity contribution in [2.24, 2.45) is 0 Å². The first-order valence-corrected chi connectivity index (χ1v) is 4.32. The molecule has 0 aliphatic carbocycles. The Hall–Kier alpha value is 1.44. The number of benzene rings is 1. The number of hydrogen-bond acceptors (Lipinski definition) is 1. The van der Waals surface area contributed by atoms with Crippen LogP contribution in [-0.4, -0.2) is 0 Å². The molecule has 1 aromatic rings. The summed E-state index contributed by atoms with van der Waals surface area (Å²) >= 11 is 22.6. The largest absolute Gasteiger partial charge is 1.00 e. The average molecular weight is 299 g/mol. The normalized spacial score (nSPS) is 8.21. The Morgan fingerprint density at radius 1 is 1.00 bits per heavy atom. The number of nitriles is 1. The Morgan fingerprint density at radius 2 is 1.50 bits per heavy atom. The first-order valence-electron chi connectivity index (χ1n) is 2.81. The van der Waals surface area contributed by atoms with Crippen LogP contribution in [-0.2, 0) is 0 Å². The molecule has 0 saturated heterocycles. The van der Waals surface area contributed by atoms with Crippen LogP contribution in [0.1, 0.15) is 5.56 Å². The molecule has 0 heterocycles. The van der Waals surface area contributed by atoms with Crippen molar-refractivity contribution in [1.82, 2.24) is 0 Å². The van der Waals surface area contributed by atoms with Crippen LogP contribution in [0.5, 0.6) is 0 Å². The fraction of sp³-hybridized carbons (Fsp3) is 0. The number of hydrogen-bond donors (Lipinski definition) is 0. The minimum absolute atomic E-state index is 0. The number of nitrogens with zero attached hydrogens (tertiary/aromatic N) is 1. The molecule has 1 aromatic carbocycles. The van der Waals surface area contributed by atoms with Gasteiger partial charge < -0.3 is 4.70 Å². The number of rotatable bonds is 0. The first kappa shape index (κ1) is 17.8. The maximum Gasteiger partial charge on any atom is 1.00 e. The van der Waals surface area contributed by atoms with E-state index in [0.29, 0.717) is 0 Å². The van der Waals surface area contributed by atoms with Gasteiger partial charge in [0.1, 0.15) is 6.07 Å². The molecule has 1 rings (SSSR count). The van der Waals surface area contributed by atoms with Crippen LogP contribution in [0, 0.1) is 11.3 Å². The first-order chi connectivity index (χ1) is 5.57. The van der Waals surface area contributed by atoms with Crippen molar-refractivity contribution in [3.05, 3.63) is 31.7 Å². The van der Waals surface area contributed by atoms with Crippen molar-refractivity contribution in [2.75, 3.05) is 0 Å². The molecule has 7 heteroatoms. The van der Waals surface area contributed by atoms with E-state index in [2.05, 4.69) is 0 Å². The Balaban J connectivity index is 0. The molecule has 0 radical (unpaired) electrons. The van der Waals surface area contributed by atoms with Crippen molar-refractivity contribution in [1.29, 1.82) is 5.26 Å². The Bertz CT molecular complexity index is 377. The molecule has 0 spiro atoms. The van der Waals surface area contributed by atoms with Crippen LogP contribution in [0.15, 0.2) is 6.07 Å². The van der Waals surface area contributed by atoms with Crippen LogP contribution in [0.25, 0.3) is 0 Å². The van der Waals surface area contributed by atoms with Gasteiger partial charge in [-0.25, -0.2) is 0 Å². The van der Waals surface area contributed by atoms with E-state index < -0.39 is 0 Å². The van der Waals surface area contributed by atoms with Gasteiger partial charge in [0.25, 0.3) is 0 Å². The molecule has 0 N–H and O–H groups in total. The third kappa shape index (κ3) is 3.78. The average Bonchev–Trinajstić information content (AvgIpc) is 2.08. The van der Waals surface area contributed by atoms with Gasteiger partial charge in [-0.15, -0.1) is 0 Å². The van der Waals surface area contributed by atoms with Crippen LogP contribution >= 0.6 is 46.4 Å². The Kier molecular flexibility index (Phi) is 9.76. The second kappa shape index (κ2) is 7.67. The Labute approximate surface area is 143 Å².